The number of nitrogens with one attached hydrogen (secondary N) is 2. The summed E-state index contributed by atoms with van der Waals surface area (Å²) in [6.07, 6.45) is 0. The van der Waals surface area contributed by atoms with Crippen LogP contribution < -0.4 is 22.4 Å². The maximum Gasteiger partial charge on any atom is 0.258 e. The Labute approximate surface area is 126 Å². The molecular weight excluding hydrogens is 290 g/mol. The van der Waals surface area contributed by atoms with Gasteiger partial charge in [0, 0.05) is 5.69 Å². The van der Waals surface area contributed by atoms with E-state index in [4.69, 9.17) is 11.7 Å². The number of hydrogen-bond acceptors (Lipinski definition) is 7. The topological polar surface area (TPSA) is 124 Å². The van der Waals surface area contributed by atoms with E-state index in [2.05, 4.69) is 20.9 Å². The molecule has 0 spiro atoms. The maximum absolute atomic E-state index is 11.9. The van der Waals surface area contributed by atoms with Gasteiger partial charge in [-0.1, -0.05) is 17.8 Å². The fourth-order valence-corrected chi connectivity index (χ4v) is 2.28. The lowest BCUT2D eigenvalue weighted by Crippen LogP contribution is -2.19. The van der Waals surface area contributed by atoms with Crippen molar-refractivity contribution in [1.29, 1.82) is 0 Å². The first-order valence-corrected chi connectivity index (χ1v) is 7.17. The molecule has 0 radical (unpaired) electrons. The molecule has 0 unspecified atom stereocenters. The van der Waals surface area contributed by atoms with Crippen LogP contribution in [-0.4, -0.2) is 26.5 Å². The van der Waals surface area contributed by atoms with E-state index in [1.165, 1.54) is 22.0 Å². The van der Waals surface area contributed by atoms with Crippen LogP contribution in [0, 0.1) is 13.8 Å². The van der Waals surface area contributed by atoms with Crippen LogP contribution in [0.3, 0.4) is 0 Å². The van der Waals surface area contributed by atoms with Crippen molar-refractivity contribution in [3.05, 3.63) is 29.3 Å². The molecule has 8 nitrogen and oxygen atoms in total. The minimum Gasteiger partial charge on any atom is -0.334 e. The van der Waals surface area contributed by atoms with Crippen molar-refractivity contribution in [3.8, 4) is 0 Å². The Morgan fingerprint density at radius 3 is 2.71 bits per heavy atom. The summed E-state index contributed by atoms with van der Waals surface area (Å²) in [5.74, 6) is 11.1. The zero-order valence-electron chi connectivity index (χ0n) is 11.8. The van der Waals surface area contributed by atoms with Crippen molar-refractivity contribution >= 4 is 29.3 Å². The predicted octanol–water partition coefficient (Wildman–Crippen LogP) is 0.625. The van der Waals surface area contributed by atoms with Gasteiger partial charge in [-0.15, -0.1) is 10.2 Å². The average Bonchev–Trinajstić information content (AvgIpc) is 2.81. The fraction of sp³-hybridized carbons (Fsp3) is 0.250. The zero-order valence-corrected chi connectivity index (χ0v) is 12.6. The number of thioether (sulfide) groups is 1. The summed E-state index contributed by atoms with van der Waals surface area (Å²) in [5, 5.41) is 10.8. The van der Waals surface area contributed by atoms with Crippen LogP contribution in [0.15, 0.2) is 23.4 Å². The molecule has 0 aliphatic carbocycles. The average molecular weight is 307 g/mol. The van der Waals surface area contributed by atoms with Gasteiger partial charge in [-0.2, -0.15) is 0 Å². The van der Waals surface area contributed by atoms with E-state index in [0.29, 0.717) is 5.16 Å². The molecule has 6 N–H and O–H groups in total. The summed E-state index contributed by atoms with van der Waals surface area (Å²) in [6, 6.07) is 5.76. The van der Waals surface area contributed by atoms with Gasteiger partial charge < -0.3 is 11.2 Å². The van der Waals surface area contributed by atoms with E-state index in [-0.39, 0.29) is 17.6 Å². The first kappa shape index (κ1) is 15.1. The van der Waals surface area contributed by atoms with Gasteiger partial charge in [0.05, 0.1) is 5.75 Å². The largest absolute Gasteiger partial charge is 0.334 e. The number of carbonyl (C=O) groups excluding carboxylic acids is 1. The van der Waals surface area contributed by atoms with Gasteiger partial charge in [-0.3, -0.25) is 10.2 Å². The highest BCUT2D eigenvalue weighted by molar-refractivity contribution is 7.99. The molecule has 0 atom stereocenters. The zero-order chi connectivity index (χ0) is 15.4. The van der Waals surface area contributed by atoms with E-state index in [9.17, 15) is 4.79 Å². The van der Waals surface area contributed by atoms with Gasteiger partial charge in [-0.05, 0) is 37.1 Å². The van der Waals surface area contributed by atoms with Crippen molar-refractivity contribution in [1.82, 2.24) is 14.9 Å². The summed E-state index contributed by atoms with van der Waals surface area (Å²) in [4.78, 5) is 11.9. The number of rotatable bonds is 5. The monoisotopic (exact) mass is 307 g/mol. The number of amides is 1. The summed E-state index contributed by atoms with van der Waals surface area (Å²) < 4.78 is 1.19. The molecule has 2 aromatic rings. The maximum atomic E-state index is 11.9. The molecule has 112 valence electrons. The summed E-state index contributed by atoms with van der Waals surface area (Å²) in [7, 11) is 0. The number of aromatic nitrogens is 3. The van der Waals surface area contributed by atoms with Crippen LogP contribution in [0.4, 0.5) is 11.6 Å². The molecule has 0 bridgehead atoms. The van der Waals surface area contributed by atoms with E-state index in [1.54, 1.807) is 0 Å². The van der Waals surface area contributed by atoms with Crippen LogP contribution >= 0.6 is 11.8 Å². The fourth-order valence-electron chi connectivity index (χ4n) is 1.62. The highest BCUT2D eigenvalue weighted by atomic mass is 32.2. The van der Waals surface area contributed by atoms with Crippen molar-refractivity contribution in [2.75, 3.05) is 22.3 Å². The number of nitrogen functional groups attached to an aromatic ring is 2. The Morgan fingerprint density at radius 2 is 2.10 bits per heavy atom. The molecule has 9 heteroatoms. The van der Waals surface area contributed by atoms with Crippen LogP contribution in [-0.2, 0) is 4.79 Å². The SMILES string of the molecule is Cc1ccc(NC(=O)CSc2nnc(NN)n2N)cc1C. The minimum absolute atomic E-state index is 0.145. The van der Waals surface area contributed by atoms with Gasteiger partial charge in [0.15, 0.2) is 0 Å². The first-order valence-electron chi connectivity index (χ1n) is 6.18. The van der Waals surface area contributed by atoms with Crippen LogP contribution in [0.2, 0.25) is 0 Å². The van der Waals surface area contributed by atoms with Gasteiger partial charge in [0.1, 0.15) is 0 Å². The quantitative estimate of drug-likeness (QED) is 0.363. The van der Waals surface area contributed by atoms with Gasteiger partial charge in [0.2, 0.25) is 11.1 Å². The second-order valence-electron chi connectivity index (χ2n) is 4.46. The molecule has 21 heavy (non-hydrogen) atoms. The molecule has 0 saturated heterocycles. The molecule has 1 heterocycles. The van der Waals surface area contributed by atoms with E-state index in [1.807, 2.05) is 32.0 Å². The number of hydrogen-bond donors (Lipinski definition) is 4. The standard InChI is InChI=1S/C12H17N7OS/c1-7-3-4-9(5-8(7)2)15-10(20)6-21-12-18-17-11(16-13)19(12)14/h3-5H,6,13-14H2,1-2H3,(H,15,20)(H,16,17). The normalized spacial score (nSPS) is 10.4. The molecule has 1 aromatic heterocycles. The van der Waals surface area contributed by atoms with E-state index in [0.717, 1.165) is 11.3 Å². The highest BCUT2D eigenvalue weighted by Crippen LogP contribution is 2.18. The lowest BCUT2D eigenvalue weighted by atomic mass is 10.1. The molecule has 0 saturated carbocycles. The van der Waals surface area contributed by atoms with Crippen LogP contribution in [0.5, 0.6) is 0 Å². The summed E-state index contributed by atoms with van der Waals surface area (Å²) in [5.41, 5.74) is 5.38. The Balaban J connectivity index is 1.92. The van der Waals surface area contributed by atoms with Crippen molar-refractivity contribution in [3.63, 3.8) is 0 Å². The van der Waals surface area contributed by atoms with Crippen molar-refractivity contribution in [2.24, 2.45) is 5.84 Å². The minimum atomic E-state index is -0.145. The third-order valence-corrected chi connectivity index (χ3v) is 3.86. The Hall–Kier alpha value is -2.26. The van der Waals surface area contributed by atoms with Gasteiger partial charge in [0.25, 0.3) is 5.95 Å². The van der Waals surface area contributed by atoms with E-state index >= 15 is 0 Å². The third kappa shape index (κ3) is 3.64. The molecule has 2 rings (SSSR count). The van der Waals surface area contributed by atoms with Gasteiger partial charge >= 0.3 is 0 Å². The second kappa shape index (κ2) is 6.46. The number of carbonyl (C=O) groups is 1. The lowest BCUT2D eigenvalue weighted by molar-refractivity contribution is -0.113. The molecule has 0 aliphatic heterocycles. The molecule has 1 aromatic carbocycles. The van der Waals surface area contributed by atoms with Crippen LogP contribution in [0.25, 0.3) is 0 Å². The number of nitrogens with two attached hydrogens (primary N) is 2. The van der Waals surface area contributed by atoms with Crippen molar-refractivity contribution in [2.45, 2.75) is 19.0 Å². The lowest BCUT2D eigenvalue weighted by Gasteiger charge is -2.07. The first-order chi connectivity index (χ1) is 10.0. The Bertz CT molecular complexity index is 655. The molecular formula is C12H17N7OS. The number of anilines is 2. The molecule has 1 amide bonds. The molecule has 0 aliphatic rings. The summed E-state index contributed by atoms with van der Waals surface area (Å²) in [6.45, 7) is 4.02. The predicted molar refractivity (Wildman–Crippen MR) is 83.3 cm³/mol. The number of nitrogens with zero attached hydrogens (tertiary/aromatic N) is 3. The van der Waals surface area contributed by atoms with Crippen LogP contribution in [0.1, 0.15) is 11.1 Å². The second-order valence-corrected chi connectivity index (χ2v) is 5.40. The van der Waals surface area contributed by atoms with E-state index < -0.39 is 0 Å². The Kier molecular flexibility index (Phi) is 4.66. The summed E-state index contributed by atoms with van der Waals surface area (Å²) >= 11 is 1.17. The Morgan fingerprint density at radius 1 is 1.33 bits per heavy atom. The number of aryl methyl sites for hydroxylation is 2. The van der Waals surface area contributed by atoms with Crippen molar-refractivity contribution < 1.29 is 4.79 Å². The number of hydrazine groups is 1. The highest BCUT2D eigenvalue weighted by Gasteiger charge is 2.11. The van der Waals surface area contributed by atoms with Gasteiger partial charge in [-0.25, -0.2) is 10.5 Å². The molecule has 0 fully saturated rings. The number of benzene rings is 1. The smallest absolute Gasteiger partial charge is 0.258 e. The third-order valence-electron chi connectivity index (χ3n) is 2.92.